The van der Waals surface area contributed by atoms with E-state index in [9.17, 15) is 9.59 Å². The normalized spacial score (nSPS) is 17.8. The summed E-state index contributed by atoms with van der Waals surface area (Å²) < 4.78 is 5.90. The van der Waals surface area contributed by atoms with Gasteiger partial charge in [-0.3, -0.25) is 19.9 Å². The standard InChI is InChI=1S/C27H29N5O3S/c1-19-23(28-25(35-19)20-10-4-2-5-11-20)18-36-27-30-29-22(14-15-24(33)31-16-8-9-17-31)26(34)32(27)21-12-6-3-7-13-21/h2-7,10-13,27,30H,8-9,14-18H2,1H3/t27-/m0/s1. The van der Waals surface area contributed by atoms with E-state index in [-0.39, 0.29) is 18.2 Å². The fourth-order valence-electron chi connectivity index (χ4n) is 4.37. The van der Waals surface area contributed by atoms with Gasteiger partial charge in [0.1, 0.15) is 11.5 Å². The molecule has 2 amide bonds. The Morgan fingerprint density at radius 1 is 1.08 bits per heavy atom. The number of rotatable bonds is 8. The van der Waals surface area contributed by atoms with Crippen molar-refractivity contribution in [1.82, 2.24) is 15.3 Å². The zero-order chi connectivity index (χ0) is 24.9. The maximum Gasteiger partial charge on any atom is 0.276 e. The lowest BCUT2D eigenvalue weighted by molar-refractivity contribution is -0.129. The first-order valence-corrected chi connectivity index (χ1v) is 13.3. The number of likely N-dealkylation sites (tertiary alicyclic amines) is 1. The van der Waals surface area contributed by atoms with E-state index < -0.39 is 5.50 Å². The number of anilines is 1. The summed E-state index contributed by atoms with van der Waals surface area (Å²) in [6.07, 6.45) is 2.69. The van der Waals surface area contributed by atoms with Gasteiger partial charge in [-0.15, -0.1) is 11.8 Å². The number of aromatic nitrogens is 1. The van der Waals surface area contributed by atoms with Gasteiger partial charge < -0.3 is 9.32 Å². The van der Waals surface area contributed by atoms with E-state index in [0.717, 1.165) is 48.6 Å². The number of thioether (sulfide) groups is 1. The van der Waals surface area contributed by atoms with Gasteiger partial charge in [-0.05, 0) is 44.0 Å². The van der Waals surface area contributed by atoms with Crippen LogP contribution in [0.4, 0.5) is 5.69 Å². The SMILES string of the molecule is Cc1oc(-c2ccccc2)nc1CS[C@H]1NN=C(CCC(=O)N2CCCC2)C(=O)N1c1ccccc1. The van der Waals surface area contributed by atoms with E-state index in [4.69, 9.17) is 4.42 Å². The fraction of sp³-hybridized carbons (Fsp3) is 0.333. The Hall–Kier alpha value is -3.59. The topological polar surface area (TPSA) is 91.0 Å². The highest BCUT2D eigenvalue weighted by Crippen LogP contribution is 2.30. The van der Waals surface area contributed by atoms with Crippen molar-refractivity contribution in [1.29, 1.82) is 0 Å². The van der Waals surface area contributed by atoms with Crippen LogP contribution < -0.4 is 10.3 Å². The third-order valence-corrected chi connectivity index (χ3v) is 7.44. The summed E-state index contributed by atoms with van der Waals surface area (Å²) in [5.74, 6) is 1.77. The van der Waals surface area contributed by atoms with E-state index in [0.29, 0.717) is 23.8 Å². The van der Waals surface area contributed by atoms with Crippen molar-refractivity contribution in [3.63, 3.8) is 0 Å². The Bertz CT molecular complexity index is 1240. The molecule has 9 heteroatoms. The van der Waals surface area contributed by atoms with Gasteiger partial charge in [-0.2, -0.15) is 5.10 Å². The van der Waals surface area contributed by atoms with Crippen molar-refractivity contribution in [3.8, 4) is 11.5 Å². The number of oxazole rings is 1. The Balaban J connectivity index is 1.30. The van der Waals surface area contributed by atoms with Crippen LogP contribution >= 0.6 is 11.8 Å². The lowest BCUT2D eigenvalue weighted by Crippen LogP contribution is -2.53. The molecule has 186 valence electrons. The summed E-state index contributed by atoms with van der Waals surface area (Å²) in [5.41, 5.74) is 5.61. The number of nitrogens with one attached hydrogen (secondary N) is 1. The molecule has 2 aromatic carbocycles. The average Bonchev–Trinajstić information content (AvgIpc) is 3.58. The summed E-state index contributed by atoms with van der Waals surface area (Å²) in [4.78, 5) is 34.3. The molecule has 5 rings (SSSR count). The number of amides is 2. The number of hydrogen-bond acceptors (Lipinski definition) is 7. The molecular weight excluding hydrogens is 474 g/mol. The van der Waals surface area contributed by atoms with E-state index in [2.05, 4.69) is 15.5 Å². The van der Waals surface area contributed by atoms with Crippen molar-refractivity contribution in [2.45, 2.75) is 43.9 Å². The molecule has 8 nitrogen and oxygen atoms in total. The Labute approximate surface area is 214 Å². The second kappa shape index (κ2) is 11.0. The number of carbonyl (C=O) groups excluding carboxylic acids is 2. The molecule has 0 unspecified atom stereocenters. The predicted octanol–water partition coefficient (Wildman–Crippen LogP) is 4.56. The van der Waals surface area contributed by atoms with Crippen LogP contribution in [0, 0.1) is 6.92 Å². The van der Waals surface area contributed by atoms with Crippen molar-refractivity contribution < 1.29 is 14.0 Å². The minimum absolute atomic E-state index is 0.0847. The second-order valence-corrected chi connectivity index (χ2v) is 9.91. The van der Waals surface area contributed by atoms with Crippen LogP contribution in [0.25, 0.3) is 11.5 Å². The van der Waals surface area contributed by atoms with Crippen LogP contribution in [0.2, 0.25) is 0 Å². The Morgan fingerprint density at radius 3 is 2.50 bits per heavy atom. The van der Waals surface area contributed by atoms with Crippen LogP contribution in [0.5, 0.6) is 0 Å². The number of aryl methyl sites for hydroxylation is 1. The summed E-state index contributed by atoms with van der Waals surface area (Å²) in [7, 11) is 0. The zero-order valence-corrected chi connectivity index (χ0v) is 21.0. The van der Waals surface area contributed by atoms with Crippen LogP contribution in [0.1, 0.15) is 37.1 Å². The molecule has 0 radical (unpaired) electrons. The van der Waals surface area contributed by atoms with E-state index in [1.165, 1.54) is 11.8 Å². The summed E-state index contributed by atoms with van der Waals surface area (Å²) in [5, 5.41) is 4.39. The number of hydrazone groups is 1. The Kier molecular flexibility index (Phi) is 7.36. The fourth-order valence-corrected chi connectivity index (χ4v) is 5.45. The van der Waals surface area contributed by atoms with Gasteiger partial charge in [0, 0.05) is 42.9 Å². The summed E-state index contributed by atoms with van der Waals surface area (Å²) >= 11 is 1.52. The monoisotopic (exact) mass is 503 g/mol. The summed E-state index contributed by atoms with van der Waals surface area (Å²) in [6.45, 7) is 3.51. The molecule has 2 aliphatic rings. The van der Waals surface area contributed by atoms with Gasteiger partial charge in [0.25, 0.3) is 5.91 Å². The molecule has 1 aromatic heterocycles. The molecule has 1 fully saturated rings. The zero-order valence-electron chi connectivity index (χ0n) is 20.2. The van der Waals surface area contributed by atoms with Gasteiger partial charge >= 0.3 is 0 Å². The molecule has 0 aliphatic carbocycles. The smallest absolute Gasteiger partial charge is 0.276 e. The Morgan fingerprint density at radius 2 is 1.78 bits per heavy atom. The van der Waals surface area contributed by atoms with Crippen LogP contribution in [0.15, 0.2) is 70.2 Å². The molecule has 3 heterocycles. The van der Waals surface area contributed by atoms with Gasteiger partial charge in [-0.25, -0.2) is 4.98 Å². The minimum atomic E-state index is -0.422. The number of carbonyl (C=O) groups is 2. The number of nitrogens with zero attached hydrogens (tertiary/aromatic N) is 4. The molecule has 1 atom stereocenters. The van der Waals surface area contributed by atoms with Gasteiger partial charge in [0.15, 0.2) is 5.50 Å². The molecule has 36 heavy (non-hydrogen) atoms. The van der Waals surface area contributed by atoms with Crippen LogP contribution in [0.3, 0.4) is 0 Å². The molecule has 0 bridgehead atoms. The maximum absolute atomic E-state index is 13.5. The summed E-state index contributed by atoms with van der Waals surface area (Å²) in [6, 6.07) is 19.3. The van der Waals surface area contributed by atoms with Gasteiger partial charge in [-0.1, -0.05) is 36.4 Å². The van der Waals surface area contributed by atoms with Crippen LogP contribution in [-0.4, -0.2) is 46.0 Å². The third-order valence-electron chi connectivity index (χ3n) is 6.37. The number of para-hydroxylation sites is 1. The lowest BCUT2D eigenvalue weighted by atomic mass is 10.1. The minimum Gasteiger partial charge on any atom is -0.441 e. The van der Waals surface area contributed by atoms with Gasteiger partial charge in [0.05, 0.1) is 5.69 Å². The average molecular weight is 504 g/mol. The molecule has 0 saturated carbocycles. The molecule has 3 aromatic rings. The largest absolute Gasteiger partial charge is 0.441 e. The van der Waals surface area contributed by atoms with Crippen molar-refractivity contribution in [2.24, 2.45) is 5.10 Å². The molecule has 1 N–H and O–H groups in total. The van der Waals surface area contributed by atoms with Crippen molar-refractivity contribution >= 4 is 35.0 Å². The predicted molar refractivity (Wildman–Crippen MR) is 141 cm³/mol. The number of hydrogen-bond donors (Lipinski definition) is 1. The van der Waals surface area contributed by atoms with Gasteiger partial charge in [0.2, 0.25) is 11.8 Å². The quantitative estimate of drug-likeness (QED) is 0.485. The lowest BCUT2D eigenvalue weighted by Gasteiger charge is -2.34. The van der Waals surface area contributed by atoms with Crippen molar-refractivity contribution in [3.05, 3.63) is 72.1 Å². The number of benzene rings is 2. The first-order chi connectivity index (χ1) is 17.6. The van der Waals surface area contributed by atoms with E-state index in [1.807, 2.05) is 72.5 Å². The maximum atomic E-state index is 13.5. The highest BCUT2D eigenvalue weighted by Gasteiger charge is 2.34. The van der Waals surface area contributed by atoms with E-state index >= 15 is 0 Å². The molecule has 0 spiro atoms. The first-order valence-electron chi connectivity index (χ1n) is 12.2. The third kappa shape index (κ3) is 5.31. The van der Waals surface area contributed by atoms with E-state index in [1.54, 1.807) is 4.90 Å². The van der Waals surface area contributed by atoms with Crippen LogP contribution in [-0.2, 0) is 15.3 Å². The van der Waals surface area contributed by atoms with Crippen molar-refractivity contribution in [2.75, 3.05) is 18.0 Å². The molecular formula is C27H29N5O3S. The second-order valence-electron chi connectivity index (χ2n) is 8.84. The molecule has 1 saturated heterocycles. The highest BCUT2D eigenvalue weighted by molar-refractivity contribution is 7.99. The first kappa shape index (κ1) is 24.1. The highest BCUT2D eigenvalue weighted by atomic mass is 32.2. The molecule has 2 aliphatic heterocycles.